The Bertz CT molecular complexity index is 1230. The molecule has 1 atom stereocenters. The van der Waals surface area contributed by atoms with E-state index in [-0.39, 0.29) is 30.5 Å². The third-order valence-electron chi connectivity index (χ3n) is 5.51. The Balaban J connectivity index is 1.88. The second-order valence-electron chi connectivity index (χ2n) is 7.53. The number of carbonyl (C=O) groups excluding carboxylic acids is 1. The highest BCUT2D eigenvalue weighted by molar-refractivity contribution is 6.33. The number of carbonyl (C=O) groups is 1. The van der Waals surface area contributed by atoms with Crippen LogP contribution in [0.15, 0.2) is 66.7 Å². The summed E-state index contributed by atoms with van der Waals surface area (Å²) in [6.45, 7) is 1.94. The summed E-state index contributed by atoms with van der Waals surface area (Å²) in [4.78, 5) is 12.8. The van der Waals surface area contributed by atoms with Gasteiger partial charge in [-0.25, -0.2) is 9.07 Å². The van der Waals surface area contributed by atoms with E-state index in [1.54, 1.807) is 35.0 Å². The highest BCUT2D eigenvalue weighted by atomic mass is 35.5. The van der Waals surface area contributed by atoms with Crippen molar-refractivity contribution in [3.63, 3.8) is 0 Å². The maximum atomic E-state index is 13.5. The van der Waals surface area contributed by atoms with Crippen molar-refractivity contribution in [1.29, 1.82) is 0 Å². The van der Waals surface area contributed by atoms with Crippen LogP contribution in [0.25, 0.3) is 27.8 Å². The smallest absolute Gasteiger partial charge is 0.163 e. The van der Waals surface area contributed by atoms with E-state index in [0.717, 1.165) is 22.9 Å². The highest BCUT2D eigenvalue weighted by Crippen LogP contribution is 2.34. The topological polar surface area (TPSA) is 55.1 Å². The standard InChI is InChI=1S/C25H22ClFN2O2/c1-2-16(15-30)13-24(31)17-7-12-21-23(14-17)29(19-10-8-18(27)9-11-19)28-25(21)20-5-3-4-6-22(20)26/h3-12,14,16,30H,2,13,15H2,1H3. The van der Waals surface area contributed by atoms with E-state index in [0.29, 0.717) is 22.0 Å². The van der Waals surface area contributed by atoms with Crippen molar-refractivity contribution in [2.45, 2.75) is 19.8 Å². The molecule has 158 valence electrons. The second-order valence-corrected chi connectivity index (χ2v) is 7.94. The molecule has 1 aromatic heterocycles. The molecule has 0 bridgehead atoms. The van der Waals surface area contributed by atoms with Crippen LogP contribution in [0.4, 0.5) is 4.39 Å². The molecule has 4 nitrogen and oxygen atoms in total. The van der Waals surface area contributed by atoms with Gasteiger partial charge in [0, 0.05) is 29.5 Å². The number of Topliss-reactive ketones (excluding diaryl/α,β-unsaturated/α-hetero) is 1. The molecule has 0 aliphatic rings. The van der Waals surface area contributed by atoms with Crippen molar-refractivity contribution < 1.29 is 14.3 Å². The maximum Gasteiger partial charge on any atom is 0.163 e. The van der Waals surface area contributed by atoms with E-state index in [9.17, 15) is 14.3 Å². The lowest BCUT2D eigenvalue weighted by Crippen LogP contribution is -2.11. The highest BCUT2D eigenvalue weighted by Gasteiger charge is 2.19. The summed E-state index contributed by atoms with van der Waals surface area (Å²) in [5.41, 5.74) is 3.42. The van der Waals surface area contributed by atoms with Gasteiger partial charge in [-0.15, -0.1) is 0 Å². The van der Waals surface area contributed by atoms with Crippen LogP contribution in [0.3, 0.4) is 0 Å². The van der Waals surface area contributed by atoms with Gasteiger partial charge in [0.25, 0.3) is 0 Å². The molecule has 0 fully saturated rings. The van der Waals surface area contributed by atoms with Gasteiger partial charge in [0.2, 0.25) is 0 Å². The number of fused-ring (bicyclic) bond motifs is 1. The number of ketones is 1. The first-order valence-electron chi connectivity index (χ1n) is 10.2. The average molecular weight is 437 g/mol. The van der Waals surface area contributed by atoms with E-state index in [2.05, 4.69) is 0 Å². The fraction of sp³-hybridized carbons (Fsp3) is 0.200. The predicted molar refractivity (Wildman–Crippen MR) is 121 cm³/mol. The summed E-state index contributed by atoms with van der Waals surface area (Å²) in [6, 6.07) is 18.9. The van der Waals surface area contributed by atoms with Crippen LogP contribution in [0.2, 0.25) is 5.02 Å². The molecular formula is C25H22ClFN2O2. The third-order valence-corrected chi connectivity index (χ3v) is 5.84. The molecule has 1 N–H and O–H groups in total. The quantitative estimate of drug-likeness (QED) is 0.357. The molecular weight excluding hydrogens is 415 g/mol. The summed E-state index contributed by atoms with van der Waals surface area (Å²) in [7, 11) is 0. The minimum atomic E-state index is -0.336. The Kier molecular flexibility index (Phi) is 6.16. The maximum absolute atomic E-state index is 13.5. The average Bonchev–Trinajstić information content (AvgIpc) is 3.16. The van der Waals surface area contributed by atoms with Crippen molar-refractivity contribution in [3.8, 4) is 16.9 Å². The monoisotopic (exact) mass is 436 g/mol. The molecule has 31 heavy (non-hydrogen) atoms. The number of aromatic nitrogens is 2. The summed E-state index contributed by atoms with van der Waals surface area (Å²) in [6.07, 6.45) is 1.01. The van der Waals surface area contributed by atoms with Crippen LogP contribution in [0, 0.1) is 11.7 Å². The fourth-order valence-electron chi connectivity index (χ4n) is 3.64. The molecule has 0 saturated heterocycles. The van der Waals surface area contributed by atoms with Gasteiger partial charge in [0.15, 0.2) is 5.78 Å². The van der Waals surface area contributed by atoms with Crippen molar-refractivity contribution in [2.75, 3.05) is 6.61 Å². The zero-order valence-electron chi connectivity index (χ0n) is 17.1. The third kappa shape index (κ3) is 4.24. The minimum Gasteiger partial charge on any atom is -0.396 e. The van der Waals surface area contributed by atoms with Gasteiger partial charge in [0.05, 0.1) is 16.2 Å². The number of aliphatic hydroxyl groups excluding tert-OH is 1. The lowest BCUT2D eigenvalue weighted by molar-refractivity contribution is 0.0934. The van der Waals surface area contributed by atoms with Gasteiger partial charge >= 0.3 is 0 Å². The van der Waals surface area contributed by atoms with Gasteiger partial charge in [-0.05, 0) is 48.4 Å². The summed E-state index contributed by atoms with van der Waals surface area (Å²) in [5.74, 6) is -0.435. The molecule has 0 amide bonds. The number of rotatable bonds is 7. The Labute approximate surface area is 184 Å². The van der Waals surface area contributed by atoms with Crippen LogP contribution in [0.5, 0.6) is 0 Å². The van der Waals surface area contributed by atoms with Gasteiger partial charge in [-0.1, -0.05) is 49.2 Å². The summed E-state index contributed by atoms with van der Waals surface area (Å²) in [5, 5.41) is 15.6. The molecule has 0 spiro atoms. The van der Waals surface area contributed by atoms with Gasteiger partial charge in [-0.3, -0.25) is 4.79 Å². The first-order valence-corrected chi connectivity index (χ1v) is 10.6. The van der Waals surface area contributed by atoms with Crippen molar-refractivity contribution in [1.82, 2.24) is 9.78 Å². The Hall–Kier alpha value is -3.02. The lowest BCUT2D eigenvalue weighted by atomic mass is 9.96. The molecule has 6 heteroatoms. The molecule has 0 saturated carbocycles. The van der Waals surface area contributed by atoms with E-state index in [1.807, 2.05) is 31.2 Å². The Morgan fingerprint density at radius 1 is 1.13 bits per heavy atom. The van der Waals surface area contributed by atoms with E-state index in [1.165, 1.54) is 12.1 Å². The lowest BCUT2D eigenvalue weighted by Gasteiger charge is -2.10. The number of halogens is 2. The Morgan fingerprint density at radius 2 is 1.87 bits per heavy atom. The first-order chi connectivity index (χ1) is 15.0. The Morgan fingerprint density at radius 3 is 2.55 bits per heavy atom. The van der Waals surface area contributed by atoms with E-state index in [4.69, 9.17) is 16.7 Å². The number of benzene rings is 3. The zero-order valence-corrected chi connectivity index (χ0v) is 17.8. The van der Waals surface area contributed by atoms with Crippen LogP contribution in [-0.2, 0) is 0 Å². The second kappa shape index (κ2) is 9.00. The number of aliphatic hydroxyl groups is 1. The molecule has 0 aliphatic carbocycles. The number of hydrogen-bond donors (Lipinski definition) is 1. The van der Waals surface area contributed by atoms with E-state index >= 15 is 0 Å². The number of nitrogens with zero attached hydrogens (tertiary/aromatic N) is 2. The fourth-order valence-corrected chi connectivity index (χ4v) is 3.86. The SMILES string of the molecule is CCC(CO)CC(=O)c1ccc2c(-c3ccccc3Cl)nn(-c3ccc(F)cc3)c2c1. The van der Waals surface area contributed by atoms with Gasteiger partial charge in [-0.2, -0.15) is 5.10 Å². The molecule has 3 aromatic carbocycles. The summed E-state index contributed by atoms with van der Waals surface area (Å²) >= 11 is 6.43. The van der Waals surface area contributed by atoms with Crippen molar-refractivity contribution in [2.24, 2.45) is 5.92 Å². The minimum absolute atomic E-state index is 0.0192. The zero-order chi connectivity index (χ0) is 22.0. The molecule has 4 rings (SSSR count). The van der Waals surface area contributed by atoms with Crippen molar-refractivity contribution >= 4 is 28.3 Å². The largest absolute Gasteiger partial charge is 0.396 e. The number of hydrogen-bond acceptors (Lipinski definition) is 3. The normalized spacial score (nSPS) is 12.3. The molecule has 1 unspecified atom stereocenters. The van der Waals surface area contributed by atoms with E-state index < -0.39 is 0 Å². The van der Waals surface area contributed by atoms with Crippen molar-refractivity contribution in [3.05, 3.63) is 83.1 Å². The predicted octanol–water partition coefficient (Wildman–Crippen LogP) is 6.08. The van der Waals surface area contributed by atoms with Crippen LogP contribution >= 0.6 is 11.6 Å². The first kappa shape index (κ1) is 21.2. The molecule has 0 radical (unpaired) electrons. The van der Waals surface area contributed by atoms with Gasteiger partial charge < -0.3 is 5.11 Å². The molecule has 1 heterocycles. The molecule has 0 aliphatic heterocycles. The van der Waals surface area contributed by atoms with Gasteiger partial charge in [0.1, 0.15) is 11.5 Å². The van der Waals surface area contributed by atoms with Crippen LogP contribution in [-0.4, -0.2) is 27.3 Å². The summed E-state index contributed by atoms with van der Waals surface area (Å²) < 4.78 is 15.2. The van der Waals surface area contributed by atoms with Crippen LogP contribution in [0.1, 0.15) is 30.1 Å². The molecule has 4 aromatic rings. The van der Waals surface area contributed by atoms with Crippen LogP contribution < -0.4 is 0 Å².